The topological polar surface area (TPSA) is 65.8 Å². The zero-order valence-corrected chi connectivity index (χ0v) is 10.0. The van der Waals surface area contributed by atoms with Crippen LogP contribution < -0.4 is 35.9 Å². The van der Waals surface area contributed by atoms with Gasteiger partial charge in [-0.1, -0.05) is 12.1 Å². The quantitative estimate of drug-likeness (QED) is 0.374. The normalized spacial score (nSPS) is 22.7. The summed E-state index contributed by atoms with van der Waals surface area (Å²) in [5.74, 6) is 0.543. The molecular formula is C8H19Cl2N3O. The van der Waals surface area contributed by atoms with Crippen molar-refractivity contribution >= 4 is 5.71 Å². The van der Waals surface area contributed by atoms with E-state index in [9.17, 15) is 0 Å². The van der Waals surface area contributed by atoms with E-state index in [0.29, 0.717) is 5.92 Å². The third-order valence-corrected chi connectivity index (χ3v) is 2.10. The second-order valence-electron chi connectivity index (χ2n) is 3.13. The third-order valence-electron chi connectivity index (χ3n) is 2.10. The second kappa shape index (κ2) is 9.52. The lowest BCUT2D eigenvalue weighted by atomic mass is 10.1. The number of nitrogens with zero attached hydrogens (tertiary/aromatic N) is 1. The molecule has 1 aliphatic heterocycles. The molecule has 1 atom stereocenters. The van der Waals surface area contributed by atoms with Crippen LogP contribution in [0.1, 0.15) is 13.3 Å². The van der Waals surface area contributed by atoms with Gasteiger partial charge in [0.2, 0.25) is 0 Å². The van der Waals surface area contributed by atoms with Crippen molar-refractivity contribution in [1.82, 2.24) is 0 Å². The lowest BCUT2D eigenvalue weighted by Gasteiger charge is -2.00. The van der Waals surface area contributed by atoms with E-state index in [1.165, 1.54) is 5.71 Å². The molecule has 86 valence electrons. The minimum absolute atomic E-state index is 0. The van der Waals surface area contributed by atoms with Crippen LogP contribution in [0, 0.1) is 5.92 Å². The van der Waals surface area contributed by atoms with E-state index in [1.54, 1.807) is 0 Å². The standard InChI is InChI=1S/C8H17N3O.2ClH/c1-2-3-12-11-8-6-10-5-7(8)4-9;;/h7,10H,2-6,9H2,1H3;2*1H/b11-8+;;. The minimum atomic E-state index is 0. The number of halogens is 2. The summed E-state index contributed by atoms with van der Waals surface area (Å²) in [6.45, 7) is 5.86. The average Bonchev–Trinajstić information content (AvgIpc) is 2.52. The fourth-order valence-electron chi connectivity index (χ4n) is 1.35. The van der Waals surface area contributed by atoms with Crippen LogP contribution in [0.25, 0.3) is 0 Å². The van der Waals surface area contributed by atoms with E-state index < -0.39 is 0 Å². The van der Waals surface area contributed by atoms with Crippen molar-refractivity contribution in [2.45, 2.75) is 13.3 Å². The van der Waals surface area contributed by atoms with Gasteiger partial charge in [-0.2, -0.15) is 0 Å². The zero-order chi connectivity index (χ0) is 8.81. The van der Waals surface area contributed by atoms with Crippen LogP contribution in [0.4, 0.5) is 0 Å². The molecule has 0 saturated carbocycles. The molecule has 0 spiro atoms. The molecular weight excluding hydrogens is 225 g/mol. The number of nitrogens with two attached hydrogens (primary N) is 1. The molecule has 1 aliphatic rings. The lowest BCUT2D eigenvalue weighted by molar-refractivity contribution is -0.635. The fraction of sp³-hybridized carbons (Fsp3) is 0.875. The van der Waals surface area contributed by atoms with Gasteiger partial charge in [0, 0.05) is 0 Å². The van der Waals surface area contributed by atoms with E-state index in [-0.39, 0.29) is 24.8 Å². The van der Waals surface area contributed by atoms with Gasteiger partial charge in [-0.25, -0.2) is 0 Å². The molecule has 0 aromatic heterocycles. The predicted octanol–water partition coefficient (Wildman–Crippen LogP) is -7.79. The van der Waals surface area contributed by atoms with Crippen LogP contribution in [-0.4, -0.2) is 32.0 Å². The largest absolute Gasteiger partial charge is 1.00 e. The predicted molar refractivity (Wildman–Crippen MR) is 46.6 cm³/mol. The van der Waals surface area contributed by atoms with Gasteiger partial charge in [-0.15, -0.1) is 0 Å². The molecule has 1 saturated heterocycles. The van der Waals surface area contributed by atoms with E-state index in [4.69, 9.17) is 4.84 Å². The Bertz CT molecular complexity index is 167. The van der Waals surface area contributed by atoms with Crippen molar-refractivity contribution in [1.29, 1.82) is 0 Å². The van der Waals surface area contributed by atoms with E-state index in [1.807, 2.05) is 0 Å². The van der Waals surface area contributed by atoms with Crippen molar-refractivity contribution in [3.63, 3.8) is 0 Å². The molecule has 0 aliphatic carbocycles. The second-order valence-corrected chi connectivity index (χ2v) is 3.13. The summed E-state index contributed by atoms with van der Waals surface area (Å²) in [7, 11) is 0. The summed E-state index contributed by atoms with van der Waals surface area (Å²) in [4.78, 5) is 5.14. The molecule has 0 aromatic rings. The Morgan fingerprint density at radius 1 is 1.57 bits per heavy atom. The van der Waals surface area contributed by atoms with E-state index in [0.717, 1.165) is 32.7 Å². The monoisotopic (exact) mass is 243 g/mol. The maximum absolute atomic E-state index is 5.14. The van der Waals surface area contributed by atoms with Crippen LogP contribution in [-0.2, 0) is 4.84 Å². The summed E-state index contributed by atoms with van der Waals surface area (Å²) < 4.78 is 0. The average molecular weight is 244 g/mol. The van der Waals surface area contributed by atoms with Gasteiger partial charge in [0.1, 0.15) is 24.8 Å². The number of oxime groups is 1. The maximum atomic E-state index is 5.14. The van der Waals surface area contributed by atoms with Gasteiger partial charge < -0.3 is 40.7 Å². The first-order valence-electron chi connectivity index (χ1n) is 4.68. The van der Waals surface area contributed by atoms with Gasteiger partial charge >= 0.3 is 0 Å². The van der Waals surface area contributed by atoms with Crippen molar-refractivity contribution < 1.29 is 40.7 Å². The van der Waals surface area contributed by atoms with Crippen LogP contribution in [0.15, 0.2) is 5.16 Å². The molecule has 1 unspecified atom stereocenters. The molecule has 0 radical (unpaired) electrons. The molecule has 1 heterocycles. The van der Waals surface area contributed by atoms with Gasteiger partial charge in [0.25, 0.3) is 0 Å². The summed E-state index contributed by atoms with van der Waals surface area (Å²) in [6.07, 6.45) is 1.02. The number of hydrogen-bond acceptors (Lipinski definition) is 2. The lowest BCUT2D eigenvalue weighted by Crippen LogP contribution is -3.00. The fourth-order valence-corrected chi connectivity index (χ4v) is 1.35. The van der Waals surface area contributed by atoms with Gasteiger partial charge in [0.05, 0.1) is 13.1 Å². The molecule has 6 heteroatoms. The summed E-state index contributed by atoms with van der Waals surface area (Å²) in [5, 5.41) is 6.36. The molecule has 1 fully saturated rings. The molecule has 0 aromatic carbocycles. The molecule has 0 bridgehead atoms. The Labute approximate surface area is 97.4 Å². The first kappa shape index (κ1) is 16.4. The number of rotatable bonds is 4. The highest BCUT2D eigenvalue weighted by Gasteiger charge is 2.26. The summed E-state index contributed by atoms with van der Waals surface area (Å²) in [6, 6.07) is 0. The van der Waals surface area contributed by atoms with Crippen LogP contribution in [0.2, 0.25) is 0 Å². The van der Waals surface area contributed by atoms with Crippen molar-refractivity contribution in [2.24, 2.45) is 11.1 Å². The highest BCUT2D eigenvalue weighted by atomic mass is 35.5. The minimum Gasteiger partial charge on any atom is -1.00 e. The van der Waals surface area contributed by atoms with Crippen molar-refractivity contribution in [3.05, 3.63) is 0 Å². The van der Waals surface area contributed by atoms with Crippen molar-refractivity contribution in [3.8, 4) is 0 Å². The third kappa shape index (κ3) is 5.00. The Kier molecular flexibility index (Phi) is 11.2. The van der Waals surface area contributed by atoms with Gasteiger partial charge in [-0.3, -0.25) is 0 Å². The highest BCUT2D eigenvalue weighted by Crippen LogP contribution is 1.98. The van der Waals surface area contributed by atoms with Crippen molar-refractivity contribution in [2.75, 3.05) is 26.2 Å². The number of hydrogen-bond donors (Lipinski definition) is 2. The smallest absolute Gasteiger partial charge is 0.125 e. The van der Waals surface area contributed by atoms with Crippen LogP contribution in [0.5, 0.6) is 0 Å². The SMILES string of the molecule is CCCO/N=C1\C[NH2+]CC1C[NH3+].[Cl-].[Cl-]. The maximum Gasteiger partial charge on any atom is 0.125 e. The Morgan fingerprint density at radius 3 is 2.86 bits per heavy atom. The first-order chi connectivity index (χ1) is 5.88. The molecule has 0 amide bonds. The molecule has 5 N–H and O–H groups in total. The van der Waals surface area contributed by atoms with E-state index >= 15 is 0 Å². The summed E-state index contributed by atoms with van der Waals surface area (Å²) >= 11 is 0. The van der Waals surface area contributed by atoms with Crippen LogP contribution >= 0.6 is 0 Å². The Balaban J connectivity index is 0. The number of quaternary nitrogens is 2. The zero-order valence-electron chi connectivity index (χ0n) is 8.51. The molecule has 14 heavy (non-hydrogen) atoms. The van der Waals surface area contributed by atoms with Gasteiger partial charge in [0.15, 0.2) is 0 Å². The van der Waals surface area contributed by atoms with Gasteiger partial charge in [-0.05, 0) is 6.42 Å². The Hall–Kier alpha value is -0.0300. The van der Waals surface area contributed by atoms with E-state index in [2.05, 4.69) is 23.1 Å². The highest BCUT2D eigenvalue weighted by molar-refractivity contribution is 5.88. The molecule has 1 rings (SSSR count). The summed E-state index contributed by atoms with van der Waals surface area (Å²) in [5.41, 5.74) is 5.07. The first-order valence-corrected chi connectivity index (χ1v) is 4.68. The Morgan fingerprint density at radius 2 is 2.29 bits per heavy atom. The van der Waals surface area contributed by atoms with Crippen LogP contribution in [0.3, 0.4) is 0 Å². The molecule has 4 nitrogen and oxygen atoms in total.